The van der Waals surface area contributed by atoms with E-state index in [1.165, 1.54) is 5.56 Å². The minimum Gasteiger partial charge on any atom is -0.395 e. The van der Waals surface area contributed by atoms with Crippen LogP contribution < -0.4 is 10.2 Å². The van der Waals surface area contributed by atoms with Crippen LogP contribution in [0.4, 0.5) is 11.6 Å². The summed E-state index contributed by atoms with van der Waals surface area (Å²) in [6.45, 7) is 10.1. The van der Waals surface area contributed by atoms with Crippen LogP contribution in [0.1, 0.15) is 25.8 Å². The van der Waals surface area contributed by atoms with Gasteiger partial charge in [0, 0.05) is 44.8 Å². The average molecular weight is 293 g/mol. The molecule has 6 nitrogen and oxygen atoms in total. The maximum absolute atomic E-state index is 9.02. The van der Waals surface area contributed by atoms with Crippen LogP contribution in [0.15, 0.2) is 6.33 Å². The van der Waals surface area contributed by atoms with Crippen molar-refractivity contribution in [2.45, 2.75) is 26.7 Å². The van der Waals surface area contributed by atoms with Gasteiger partial charge >= 0.3 is 0 Å². The highest BCUT2D eigenvalue weighted by Gasteiger charge is 2.21. The largest absolute Gasteiger partial charge is 0.395 e. The van der Waals surface area contributed by atoms with E-state index >= 15 is 0 Å². The Bertz CT molecular complexity index is 432. The molecule has 1 aromatic rings. The standard InChI is InChI=1S/C15H27N5O/c1-3-5-16-14-13(4-2)15(18-12-17-14)20-8-6-19(7-9-20)10-11-21/h12,21H,3-11H2,1-2H3,(H,16,17,18). The van der Waals surface area contributed by atoms with Crippen molar-refractivity contribution in [3.63, 3.8) is 0 Å². The Morgan fingerprint density at radius 1 is 1.19 bits per heavy atom. The fourth-order valence-electron chi connectivity index (χ4n) is 2.72. The predicted octanol–water partition coefficient (Wildman–Crippen LogP) is 0.975. The van der Waals surface area contributed by atoms with Crippen molar-refractivity contribution < 1.29 is 5.11 Å². The highest BCUT2D eigenvalue weighted by Crippen LogP contribution is 2.24. The lowest BCUT2D eigenvalue weighted by atomic mass is 10.2. The summed E-state index contributed by atoms with van der Waals surface area (Å²) < 4.78 is 0. The zero-order chi connectivity index (χ0) is 15.1. The van der Waals surface area contributed by atoms with E-state index in [1.807, 2.05) is 0 Å². The van der Waals surface area contributed by atoms with Crippen molar-refractivity contribution in [3.05, 3.63) is 11.9 Å². The van der Waals surface area contributed by atoms with Gasteiger partial charge in [-0.2, -0.15) is 0 Å². The van der Waals surface area contributed by atoms with Crippen molar-refractivity contribution in [1.82, 2.24) is 14.9 Å². The topological polar surface area (TPSA) is 64.5 Å². The maximum Gasteiger partial charge on any atom is 0.137 e. The summed E-state index contributed by atoms with van der Waals surface area (Å²) in [4.78, 5) is 13.5. The van der Waals surface area contributed by atoms with Crippen molar-refractivity contribution in [3.8, 4) is 0 Å². The predicted molar refractivity (Wildman–Crippen MR) is 85.9 cm³/mol. The second-order valence-electron chi connectivity index (χ2n) is 5.36. The molecular formula is C15H27N5O. The van der Waals surface area contributed by atoms with E-state index in [-0.39, 0.29) is 6.61 Å². The zero-order valence-corrected chi connectivity index (χ0v) is 13.2. The second-order valence-corrected chi connectivity index (χ2v) is 5.36. The van der Waals surface area contributed by atoms with Gasteiger partial charge in [-0.05, 0) is 12.8 Å². The van der Waals surface area contributed by atoms with E-state index in [2.05, 4.69) is 38.9 Å². The smallest absolute Gasteiger partial charge is 0.137 e. The molecule has 2 N–H and O–H groups in total. The van der Waals surface area contributed by atoms with Crippen LogP contribution in [-0.2, 0) is 6.42 Å². The first kappa shape index (κ1) is 16.0. The minimum absolute atomic E-state index is 0.235. The zero-order valence-electron chi connectivity index (χ0n) is 13.2. The van der Waals surface area contributed by atoms with Crippen LogP contribution >= 0.6 is 0 Å². The van der Waals surface area contributed by atoms with Crippen molar-refractivity contribution in [2.24, 2.45) is 0 Å². The highest BCUT2D eigenvalue weighted by atomic mass is 16.3. The minimum atomic E-state index is 0.235. The molecule has 2 rings (SSSR count). The Hall–Kier alpha value is -1.40. The molecule has 1 saturated heterocycles. The molecule has 0 aliphatic carbocycles. The molecule has 0 radical (unpaired) electrons. The van der Waals surface area contributed by atoms with Gasteiger partial charge in [0.25, 0.3) is 0 Å². The molecule has 6 heteroatoms. The Kier molecular flexibility index (Phi) is 6.20. The van der Waals surface area contributed by atoms with Crippen LogP contribution in [0.25, 0.3) is 0 Å². The molecule has 0 bridgehead atoms. The lowest BCUT2D eigenvalue weighted by Gasteiger charge is -2.36. The van der Waals surface area contributed by atoms with Gasteiger partial charge in [-0.25, -0.2) is 9.97 Å². The van der Waals surface area contributed by atoms with Crippen LogP contribution in [0.3, 0.4) is 0 Å². The van der Waals surface area contributed by atoms with Gasteiger partial charge in [0.1, 0.15) is 18.0 Å². The van der Waals surface area contributed by atoms with Gasteiger partial charge in [0.15, 0.2) is 0 Å². The summed E-state index contributed by atoms with van der Waals surface area (Å²) in [5.74, 6) is 2.04. The molecule has 118 valence electrons. The Labute approximate surface area is 127 Å². The van der Waals surface area contributed by atoms with Gasteiger partial charge in [-0.1, -0.05) is 13.8 Å². The van der Waals surface area contributed by atoms with Crippen molar-refractivity contribution in [1.29, 1.82) is 0 Å². The summed E-state index contributed by atoms with van der Waals surface area (Å²) in [5, 5.41) is 12.4. The van der Waals surface area contributed by atoms with E-state index in [0.29, 0.717) is 0 Å². The number of anilines is 2. The number of aliphatic hydroxyl groups is 1. The summed E-state index contributed by atoms with van der Waals surface area (Å²) in [5.41, 5.74) is 1.21. The lowest BCUT2D eigenvalue weighted by molar-refractivity contribution is 0.188. The van der Waals surface area contributed by atoms with Crippen LogP contribution in [0.2, 0.25) is 0 Å². The lowest BCUT2D eigenvalue weighted by Crippen LogP contribution is -2.47. The first-order valence-corrected chi connectivity index (χ1v) is 7.96. The first-order valence-electron chi connectivity index (χ1n) is 7.96. The molecule has 1 aromatic heterocycles. The molecule has 21 heavy (non-hydrogen) atoms. The number of aliphatic hydroxyl groups excluding tert-OH is 1. The van der Waals surface area contributed by atoms with Crippen molar-refractivity contribution >= 4 is 11.6 Å². The van der Waals surface area contributed by atoms with Crippen LogP contribution in [0.5, 0.6) is 0 Å². The molecule has 0 atom stereocenters. The summed E-state index contributed by atoms with van der Waals surface area (Å²) in [6, 6.07) is 0. The molecule has 1 aliphatic rings. The number of piperazine rings is 1. The summed E-state index contributed by atoms with van der Waals surface area (Å²) in [6.07, 6.45) is 3.67. The maximum atomic E-state index is 9.02. The number of β-amino-alcohol motifs (C(OH)–C–C–N with tert-alkyl or cyclic N) is 1. The number of aromatic nitrogens is 2. The number of hydrogen-bond acceptors (Lipinski definition) is 6. The monoisotopic (exact) mass is 293 g/mol. The molecule has 0 aromatic carbocycles. The molecule has 2 heterocycles. The second kappa shape index (κ2) is 8.14. The molecule has 0 amide bonds. The number of nitrogens with one attached hydrogen (secondary N) is 1. The normalized spacial score (nSPS) is 16.2. The molecule has 0 unspecified atom stereocenters. The van der Waals surface area contributed by atoms with Gasteiger partial charge in [0.05, 0.1) is 6.61 Å². The fraction of sp³-hybridized carbons (Fsp3) is 0.733. The summed E-state index contributed by atoms with van der Waals surface area (Å²) >= 11 is 0. The quantitative estimate of drug-likeness (QED) is 0.781. The molecule has 1 fully saturated rings. The van der Waals surface area contributed by atoms with E-state index in [9.17, 15) is 0 Å². The number of nitrogens with zero attached hydrogens (tertiary/aromatic N) is 4. The van der Waals surface area contributed by atoms with Gasteiger partial charge in [0.2, 0.25) is 0 Å². The van der Waals surface area contributed by atoms with Gasteiger partial charge < -0.3 is 15.3 Å². The van der Waals surface area contributed by atoms with Crippen LogP contribution in [0, 0.1) is 0 Å². The third-order valence-corrected chi connectivity index (χ3v) is 3.91. The third kappa shape index (κ3) is 4.04. The Balaban J connectivity index is 2.09. The highest BCUT2D eigenvalue weighted by molar-refractivity contribution is 5.59. The first-order chi connectivity index (χ1) is 10.3. The molecule has 0 saturated carbocycles. The Morgan fingerprint density at radius 2 is 1.95 bits per heavy atom. The SMILES string of the molecule is CCCNc1ncnc(N2CCN(CCO)CC2)c1CC. The fourth-order valence-corrected chi connectivity index (χ4v) is 2.72. The average Bonchev–Trinajstić information content (AvgIpc) is 2.53. The molecule has 0 spiro atoms. The van der Waals surface area contributed by atoms with Crippen molar-refractivity contribution in [2.75, 3.05) is 56.1 Å². The van der Waals surface area contributed by atoms with E-state index < -0.39 is 0 Å². The number of hydrogen-bond donors (Lipinski definition) is 2. The molecule has 1 aliphatic heterocycles. The van der Waals surface area contributed by atoms with Gasteiger partial charge in [-0.3, -0.25) is 4.90 Å². The molecular weight excluding hydrogens is 266 g/mol. The third-order valence-electron chi connectivity index (χ3n) is 3.91. The van der Waals surface area contributed by atoms with Gasteiger partial charge in [-0.15, -0.1) is 0 Å². The van der Waals surface area contributed by atoms with E-state index in [1.54, 1.807) is 6.33 Å². The summed E-state index contributed by atoms with van der Waals surface area (Å²) in [7, 11) is 0. The number of rotatable bonds is 7. The van der Waals surface area contributed by atoms with E-state index in [4.69, 9.17) is 5.11 Å². The van der Waals surface area contributed by atoms with Crippen LogP contribution in [-0.4, -0.2) is 65.8 Å². The Morgan fingerprint density at radius 3 is 2.57 bits per heavy atom. The van der Waals surface area contributed by atoms with E-state index in [0.717, 1.165) is 63.7 Å².